The van der Waals surface area contributed by atoms with E-state index in [-0.39, 0.29) is 19.1 Å². The lowest BCUT2D eigenvalue weighted by Gasteiger charge is -2.11. The van der Waals surface area contributed by atoms with Crippen LogP contribution in [0.5, 0.6) is 0 Å². The molecule has 1 atom stereocenters. The number of halogens is 1. The van der Waals surface area contributed by atoms with E-state index < -0.39 is 6.10 Å². The van der Waals surface area contributed by atoms with Crippen LogP contribution in [0.2, 0.25) is 0 Å². The fourth-order valence-electron chi connectivity index (χ4n) is 1.12. The summed E-state index contributed by atoms with van der Waals surface area (Å²) in [5, 5.41) is 12.0. The van der Waals surface area contributed by atoms with Crippen molar-refractivity contribution in [2.45, 2.75) is 6.10 Å². The molecule has 5 nitrogen and oxygen atoms in total. The van der Waals surface area contributed by atoms with Crippen LogP contribution >= 0.6 is 22.6 Å². The summed E-state index contributed by atoms with van der Waals surface area (Å²) < 4.78 is 5.53. The average Bonchev–Trinajstić information content (AvgIpc) is 2.27. The third-order valence-electron chi connectivity index (χ3n) is 1.87. The molecule has 6 heteroatoms. The fourth-order valence-corrected chi connectivity index (χ4v) is 1.70. The lowest BCUT2D eigenvalue weighted by molar-refractivity contribution is 0.0609. The van der Waals surface area contributed by atoms with Gasteiger partial charge in [-0.05, 0) is 28.7 Å². The largest absolute Gasteiger partial charge is 0.389 e. The average molecular weight is 336 g/mol. The monoisotopic (exact) mass is 336 g/mol. The lowest BCUT2D eigenvalue weighted by Crippen LogP contribution is -2.34. The van der Waals surface area contributed by atoms with Gasteiger partial charge < -0.3 is 15.2 Å². The first-order chi connectivity index (χ1) is 7.65. The van der Waals surface area contributed by atoms with E-state index in [1.807, 2.05) is 22.6 Å². The predicted octanol–water partition coefficient (Wildman–Crippen LogP) is 0.423. The Bertz CT molecular complexity index is 360. The minimum Gasteiger partial charge on any atom is -0.389 e. The zero-order valence-electron chi connectivity index (χ0n) is 8.81. The summed E-state index contributed by atoms with van der Waals surface area (Å²) in [5.41, 5.74) is 0.556. The van der Waals surface area contributed by atoms with E-state index in [9.17, 15) is 9.90 Å². The lowest BCUT2D eigenvalue weighted by atomic mass is 10.2. The minimum absolute atomic E-state index is 0.172. The topological polar surface area (TPSA) is 71.5 Å². The van der Waals surface area contributed by atoms with Gasteiger partial charge in [0.25, 0.3) is 5.91 Å². The number of nitrogens with one attached hydrogen (secondary N) is 1. The van der Waals surface area contributed by atoms with Crippen molar-refractivity contribution in [1.82, 2.24) is 10.3 Å². The highest BCUT2D eigenvalue weighted by Crippen LogP contribution is 2.09. The molecule has 0 saturated heterocycles. The molecule has 1 aromatic rings. The molecule has 0 aliphatic heterocycles. The first kappa shape index (κ1) is 13.3. The second kappa shape index (κ2) is 6.77. The second-order valence-corrected chi connectivity index (χ2v) is 4.34. The number of carbonyl (C=O) groups excluding carboxylic acids is 1. The number of nitrogens with zero attached hydrogens (tertiary/aromatic N) is 1. The van der Waals surface area contributed by atoms with Crippen LogP contribution in [0.15, 0.2) is 18.5 Å². The Morgan fingerprint density at radius 1 is 1.75 bits per heavy atom. The van der Waals surface area contributed by atoms with Crippen LogP contribution in [0.3, 0.4) is 0 Å². The molecular weight excluding hydrogens is 323 g/mol. The third-order valence-corrected chi connectivity index (χ3v) is 2.73. The number of aliphatic hydroxyl groups is 1. The standard InChI is InChI=1S/C10H13IN2O3/c1-16-6-7(14)4-13-10(15)8-2-3-12-5-9(8)11/h2-3,5,7,14H,4,6H2,1H3,(H,13,15). The van der Waals surface area contributed by atoms with Crippen LogP contribution in [-0.2, 0) is 4.74 Å². The summed E-state index contributed by atoms with van der Waals surface area (Å²) in [6, 6.07) is 1.64. The summed E-state index contributed by atoms with van der Waals surface area (Å²) in [5.74, 6) is -0.220. The Hall–Kier alpha value is -0.730. The molecule has 2 N–H and O–H groups in total. The molecule has 1 aromatic heterocycles. The Kier molecular flexibility index (Phi) is 5.64. The van der Waals surface area contributed by atoms with Gasteiger partial charge in [-0.2, -0.15) is 0 Å². The number of aliphatic hydroxyl groups excluding tert-OH is 1. The zero-order chi connectivity index (χ0) is 12.0. The smallest absolute Gasteiger partial charge is 0.252 e. The van der Waals surface area contributed by atoms with Gasteiger partial charge in [0.05, 0.1) is 18.3 Å². The van der Waals surface area contributed by atoms with Gasteiger partial charge in [-0.15, -0.1) is 0 Å². The van der Waals surface area contributed by atoms with Gasteiger partial charge in [0.1, 0.15) is 0 Å². The molecule has 1 rings (SSSR count). The van der Waals surface area contributed by atoms with E-state index in [2.05, 4.69) is 10.3 Å². The summed E-state index contributed by atoms with van der Waals surface area (Å²) >= 11 is 2.04. The van der Waals surface area contributed by atoms with E-state index >= 15 is 0 Å². The van der Waals surface area contributed by atoms with Gasteiger partial charge in [0.15, 0.2) is 0 Å². The van der Waals surface area contributed by atoms with Crippen molar-refractivity contribution >= 4 is 28.5 Å². The van der Waals surface area contributed by atoms with E-state index in [0.717, 1.165) is 3.57 Å². The molecule has 0 aliphatic carbocycles. The van der Waals surface area contributed by atoms with Gasteiger partial charge in [-0.3, -0.25) is 9.78 Å². The van der Waals surface area contributed by atoms with Crippen molar-refractivity contribution in [2.24, 2.45) is 0 Å². The maximum atomic E-state index is 11.7. The number of carbonyl (C=O) groups is 1. The number of aromatic nitrogens is 1. The molecule has 0 aliphatic rings. The van der Waals surface area contributed by atoms with Gasteiger partial charge in [-0.25, -0.2) is 0 Å². The number of rotatable bonds is 5. The number of pyridine rings is 1. The van der Waals surface area contributed by atoms with Crippen molar-refractivity contribution in [3.05, 3.63) is 27.6 Å². The summed E-state index contributed by atoms with van der Waals surface area (Å²) in [4.78, 5) is 15.6. The van der Waals surface area contributed by atoms with E-state index in [1.54, 1.807) is 18.5 Å². The Labute approximate surface area is 107 Å². The number of hydrogen-bond acceptors (Lipinski definition) is 4. The maximum Gasteiger partial charge on any atom is 0.252 e. The molecule has 1 heterocycles. The maximum absolute atomic E-state index is 11.7. The summed E-state index contributed by atoms with van der Waals surface area (Å²) in [6.45, 7) is 0.374. The first-order valence-corrected chi connectivity index (χ1v) is 5.77. The van der Waals surface area contributed by atoms with Crippen LogP contribution in [0.1, 0.15) is 10.4 Å². The zero-order valence-corrected chi connectivity index (χ0v) is 11.0. The summed E-state index contributed by atoms with van der Waals surface area (Å²) in [6.07, 6.45) is 2.48. The molecule has 0 aromatic carbocycles. The Morgan fingerprint density at radius 2 is 2.50 bits per heavy atom. The van der Waals surface area contributed by atoms with Crippen LogP contribution in [0.4, 0.5) is 0 Å². The second-order valence-electron chi connectivity index (χ2n) is 3.17. The van der Waals surface area contributed by atoms with Crippen LogP contribution < -0.4 is 5.32 Å². The van der Waals surface area contributed by atoms with Crippen molar-refractivity contribution in [1.29, 1.82) is 0 Å². The number of amides is 1. The molecule has 1 amide bonds. The van der Waals surface area contributed by atoms with Crippen molar-refractivity contribution in [3.8, 4) is 0 Å². The van der Waals surface area contributed by atoms with E-state index in [4.69, 9.17) is 4.74 Å². The Balaban J connectivity index is 2.50. The first-order valence-electron chi connectivity index (χ1n) is 4.70. The van der Waals surface area contributed by atoms with Gasteiger partial charge in [0.2, 0.25) is 0 Å². The molecule has 0 saturated carbocycles. The van der Waals surface area contributed by atoms with Crippen molar-refractivity contribution < 1.29 is 14.6 Å². The highest BCUT2D eigenvalue weighted by Gasteiger charge is 2.11. The highest BCUT2D eigenvalue weighted by atomic mass is 127. The Morgan fingerprint density at radius 3 is 3.12 bits per heavy atom. The van der Waals surface area contributed by atoms with Crippen LogP contribution in [-0.4, -0.2) is 42.4 Å². The van der Waals surface area contributed by atoms with Gasteiger partial charge in [-0.1, -0.05) is 0 Å². The van der Waals surface area contributed by atoms with Gasteiger partial charge >= 0.3 is 0 Å². The normalized spacial score (nSPS) is 12.2. The molecular formula is C10H13IN2O3. The third kappa shape index (κ3) is 4.03. The molecule has 0 bridgehead atoms. The van der Waals surface area contributed by atoms with Crippen LogP contribution in [0.25, 0.3) is 0 Å². The van der Waals surface area contributed by atoms with E-state index in [1.165, 1.54) is 7.11 Å². The SMILES string of the molecule is COCC(O)CNC(=O)c1ccncc1I. The molecule has 0 radical (unpaired) electrons. The number of ether oxygens (including phenoxy) is 1. The molecule has 0 spiro atoms. The molecule has 1 unspecified atom stereocenters. The predicted molar refractivity (Wildman–Crippen MR) is 67.2 cm³/mol. The number of methoxy groups -OCH3 is 1. The quantitative estimate of drug-likeness (QED) is 0.765. The van der Waals surface area contributed by atoms with E-state index in [0.29, 0.717) is 5.56 Å². The highest BCUT2D eigenvalue weighted by molar-refractivity contribution is 14.1. The number of hydrogen-bond donors (Lipinski definition) is 2. The molecule has 0 fully saturated rings. The van der Waals surface area contributed by atoms with Crippen molar-refractivity contribution in [2.75, 3.05) is 20.3 Å². The van der Waals surface area contributed by atoms with Gasteiger partial charge in [0, 0.05) is 29.6 Å². The molecule has 16 heavy (non-hydrogen) atoms. The summed E-state index contributed by atoms with van der Waals surface area (Å²) in [7, 11) is 1.50. The van der Waals surface area contributed by atoms with Crippen molar-refractivity contribution in [3.63, 3.8) is 0 Å². The molecule has 88 valence electrons. The van der Waals surface area contributed by atoms with Crippen LogP contribution in [0, 0.1) is 3.57 Å². The fraction of sp³-hybridized carbons (Fsp3) is 0.400. The minimum atomic E-state index is -0.687.